The van der Waals surface area contributed by atoms with E-state index in [4.69, 9.17) is 4.98 Å². The fourth-order valence-corrected chi connectivity index (χ4v) is 9.39. The molecule has 4 nitrogen and oxygen atoms in total. The number of hydrogen-bond donors (Lipinski definition) is 0. The number of rotatable bonds is 6. The van der Waals surface area contributed by atoms with Gasteiger partial charge in [0, 0.05) is 49.2 Å². The number of fused-ring (bicyclic) bond motifs is 6. The standard InChI is InChI=1S/C56H47N4S.Pd/c1-55(2,3)40-28-25-38(26-29-40)39-27-31-46-44-18-7-8-19-45(44)47-32-30-43(36-53(47)60(52(46)34-39)54-24-13-14-33-57-54)61-42-17-15-16-41(35-42)58-37-59(51-23-12-11-22-50(51)58)49-21-10-9-20-48(49)56(4,5)6;/h7-34,37H,1-6H3;/q-3;. The first kappa shape index (κ1) is 41.5. The molecule has 0 fully saturated rings. The molecule has 7 aromatic carbocycles. The molecule has 1 aromatic heterocycles. The van der Waals surface area contributed by atoms with Gasteiger partial charge in [-0.05, 0) is 75.0 Å². The van der Waals surface area contributed by atoms with Gasteiger partial charge in [0.05, 0.1) is 5.69 Å². The van der Waals surface area contributed by atoms with Crippen LogP contribution in [0.25, 0.3) is 33.4 Å². The minimum Gasteiger partial charge on any atom is -0.493 e. The van der Waals surface area contributed by atoms with Crippen LogP contribution in [-0.4, -0.2) is 4.98 Å². The first-order valence-corrected chi connectivity index (χ1v) is 21.8. The van der Waals surface area contributed by atoms with Gasteiger partial charge >= 0.3 is 0 Å². The molecule has 0 unspecified atom stereocenters. The Morgan fingerprint density at radius 2 is 1.13 bits per heavy atom. The summed E-state index contributed by atoms with van der Waals surface area (Å²) in [4.78, 5) is 13.8. The molecule has 62 heavy (non-hydrogen) atoms. The number of pyridine rings is 1. The van der Waals surface area contributed by atoms with E-state index in [0.29, 0.717) is 0 Å². The van der Waals surface area contributed by atoms with Gasteiger partial charge in [-0.1, -0.05) is 150 Å². The van der Waals surface area contributed by atoms with E-state index in [1.807, 2.05) is 12.3 Å². The van der Waals surface area contributed by atoms with Crippen molar-refractivity contribution in [2.45, 2.75) is 62.2 Å². The summed E-state index contributed by atoms with van der Waals surface area (Å²) in [5, 5.41) is 0. The molecule has 2 aliphatic rings. The van der Waals surface area contributed by atoms with Crippen molar-refractivity contribution in [1.29, 1.82) is 0 Å². The Bertz CT molecular complexity index is 2910. The molecule has 0 bridgehead atoms. The molecule has 0 saturated heterocycles. The van der Waals surface area contributed by atoms with Gasteiger partial charge in [-0.25, -0.2) is 4.98 Å². The predicted molar refractivity (Wildman–Crippen MR) is 256 cm³/mol. The molecule has 0 amide bonds. The van der Waals surface area contributed by atoms with Crippen molar-refractivity contribution >= 4 is 51.7 Å². The Morgan fingerprint density at radius 3 is 1.84 bits per heavy atom. The van der Waals surface area contributed by atoms with Crippen LogP contribution in [0.15, 0.2) is 180 Å². The van der Waals surface area contributed by atoms with Gasteiger partial charge in [0.2, 0.25) is 0 Å². The zero-order valence-corrected chi connectivity index (χ0v) is 38.1. The topological polar surface area (TPSA) is 22.6 Å². The molecule has 8 aromatic rings. The van der Waals surface area contributed by atoms with Gasteiger partial charge in [-0.3, -0.25) is 0 Å². The summed E-state index contributed by atoms with van der Waals surface area (Å²) in [5.41, 5.74) is 16.1. The Hall–Kier alpha value is -5.90. The van der Waals surface area contributed by atoms with Crippen LogP contribution in [-0.2, 0) is 31.3 Å². The van der Waals surface area contributed by atoms with Crippen LogP contribution in [0.1, 0.15) is 52.7 Å². The molecule has 0 aliphatic carbocycles. The number of anilines is 7. The van der Waals surface area contributed by atoms with Gasteiger partial charge in [-0.15, -0.1) is 57.7 Å². The third-order valence-electron chi connectivity index (χ3n) is 11.7. The molecule has 0 radical (unpaired) electrons. The van der Waals surface area contributed by atoms with Crippen LogP contribution in [0.3, 0.4) is 0 Å². The quantitative estimate of drug-likeness (QED) is 0.122. The maximum Gasteiger partial charge on any atom is 0.135 e. The van der Waals surface area contributed by atoms with E-state index < -0.39 is 0 Å². The van der Waals surface area contributed by atoms with Gasteiger partial charge in [0.25, 0.3) is 0 Å². The summed E-state index contributed by atoms with van der Waals surface area (Å²) in [7, 11) is 0. The van der Waals surface area contributed by atoms with Gasteiger partial charge in [0.15, 0.2) is 0 Å². The molecule has 2 aliphatic heterocycles. The normalized spacial score (nSPS) is 13.1. The van der Waals surface area contributed by atoms with Crippen molar-refractivity contribution < 1.29 is 20.4 Å². The third-order valence-corrected chi connectivity index (χ3v) is 12.6. The molecule has 6 heteroatoms. The van der Waals surface area contributed by atoms with Crippen molar-refractivity contribution in [2.24, 2.45) is 0 Å². The maximum atomic E-state index is 4.96. The SMILES string of the molecule is CC(C)(C)c1ccc(-c2ccc3c(c2)N(c2ccccn2)c2[c-]c(Sc4[c-]c(N5[CH-]N(c6ccccc6C(C)(C)C)c6ccccc65)ccc4)ccc2-c2ccccc2-3)cc1.[Pd]. The third kappa shape index (κ3) is 7.66. The number of hydrogen-bond acceptors (Lipinski definition) is 5. The number of para-hydroxylation sites is 3. The summed E-state index contributed by atoms with van der Waals surface area (Å²) in [6.07, 6.45) is 1.87. The number of benzene rings is 7. The second-order valence-electron chi connectivity index (χ2n) is 17.8. The predicted octanol–water partition coefficient (Wildman–Crippen LogP) is 15.6. The van der Waals surface area contributed by atoms with E-state index in [9.17, 15) is 0 Å². The smallest absolute Gasteiger partial charge is 0.135 e. The average Bonchev–Trinajstić information content (AvgIpc) is 3.61. The average molecular weight is 915 g/mol. The van der Waals surface area contributed by atoms with Gasteiger partial charge in [-0.2, -0.15) is 24.3 Å². The fraction of sp³-hybridized carbons (Fsp3) is 0.143. The molecule has 3 heterocycles. The van der Waals surface area contributed by atoms with E-state index in [1.165, 1.54) is 33.5 Å². The fourth-order valence-electron chi connectivity index (χ4n) is 8.57. The monoisotopic (exact) mass is 913 g/mol. The largest absolute Gasteiger partial charge is 0.493 e. The second-order valence-corrected chi connectivity index (χ2v) is 18.9. The molecule has 310 valence electrons. The summed E-state index contributed by atoms with van der Waals surface area (Å²) in [5.74, 6) is 0.839. The van der Waals surface area contributed by atoms with E-state index in [1.54, 1.807) is 11.8 Å². The zero-order chi connectivity index (χ0) is 41.9. The first-order valence-electron chi connectivity index (χ1n) is 21.0. The second kappa shape index (κ2) is 16.4. The van der Waals surface area contributed by atoms with Crippen molar-refractivity contribution in [3.8, 4) is 33.4 Å². The number of aromatic nitrogens is 1. The van der Waals surface area contributed by atoms with Gasteiger partial charge in [0.1, 0.15) is 5.82 Å². The Labute approximate surface area is 385 Å². The molecule has 0 saturated carbocycles. The van der Waals surface area contributed by atoms with E-state index in [2.05, 4.69) is 233 Å². The molecule has 10 rings (SSSR count). The Morgan fingerprint density at radius 1 is 0.500 bits per heavy atom. The molecule has 0 atom stereocenters. The minimum absolute atomic E-state index is 0. The molecular formula is C56H47N4PdS-3. The summed E-state index contributed by atoms with van der Waals surface area (Å²) < 4.78 is 0. The summed E-state index contributed by atoms with van der Waals surface area (Å²) in [6.45, 7) is 15.8. The van der Waals surface area contributed by atoms with Crippen molar-refractivity contribution in [3.05, 3.63) is 200 Å². The first-order chi connectivity index (χ1) is 29.5. The van der Waals surface area contributed by atoms with Gasteiger partial charge < -0.3 is 14.7 Å². The summed E-state index contributed by atoms with van der Waals surface area (Å²) in [6, 6.07) is 66.6. The molecular weight excluding hydrogens is 867 g/mol. The Balaban J connectivity index is 0.00000490. The minimum atomic E-state index is -0.0170. The van der Waals surface area contributed by atoms with E-state index in [0.717, 1.165) is 60.7 Å². The van der Waals surface area contributed by atoms with Crippen molar-refractivity contribution in [1.82, 2.24) is 4.98 Å². The number of nitrogens with zero attached hydrogens (tertiary/aromatic N) is 4. The van der Waals surface area contributed by atoms with Crippen LogP contribution in [0.2, 0.25) is 0 Å². The molecule has 0 N–H and O–H groups in total. The Kier molecular flexibility index (Phi) is 11.0. The van der Waals surface area contributed by atoms with Crippen molar-refractivity contribution in [3.63, 3.8) is 0 Å². The summed E-state index contributed by atoms with van der Waals surface area (Å²) >= 11 is 1.68. The maximum absolute atomic E-state index is 4.96. The van der Waals surface area contributed by atoms with Crippen LogP contribution in [0.5, 0.6) is 0 Å². The van der Waals surface area contributed by atoms with Crippen LogP contribution < -0.4 is 14.7 Å². The van der Waals surface area contributed by atoms with Crippen LogP contribution >= 0.6 is 11.8 Å². The molecule has 0 spiro atoms. The van der Waals surface area contributed by atoms with E-state index in [-0.39, 0.29) is 31.3 Å². The van der Waals surface area contributed by atoms with E-state index >= 15 is 0 Å². The van der Waals surface area contributed by atoms with Crippen molar-refractivity contribution in [2.75, 3.05) is 14.7 Å². The van der Waals surface area contributed by atoms with Crippen LogP contribution in [0, 0.1) is 18.8 Å². The zero-order valence-electron chi connectivity index (χ0n) is 35.8. The van der Waals surface area contributed by atoms with Crippen LogP contribution in [0.4, 0.5) is 39.9 Å².